The van der Waals surface area contributed by atoms with Crippen molar-refractivity contribution in [3.8, 4) is 6.07 Å². The summed E-state index contributed by atoms with van der Waals surface area (Å²) in [6, 6.07) is 9.99. The Labute approximate surface area is 96.1 Å². The molecule has 0 N–H and O–H groups in total. The van der Waals surface area contributed by atoms with E-state index in [-0.39, 0.29) is 6.04 Å². The van der Waals surface area contributed by atoms with Crippen molar-refractivity contribution in [2.45, 2.75) is 25.9 Å². The Hall–Kier alpha value is -1.04. The van der Waals surface area contributed by atoms with Crippen LogP contribution in [0.2, 0.25) is 5.02 Å². The first-order valence-electron chi connectivity index (χ1n) is 5.01. The van der Waals surface area contributed by atoms with Gasteiger partial charge in [-0.3, -0.25) is 4.90 Å². The van der Waals surface area contributed by atoms with Crippen molar-refractivity contribution in [1.82, 2.24) is 4.90 Å². The summed E-state index contributed by atoms with van der Waals surface area (Å²) < 4.78 is 0. The number of hydrogen-bond acceptors (Lipinski definition) is 2. The van der Waals surface area contributed by atoms with E-state index in [1.807, 2.05) is 43.1 Å². The maximum absolute atomic E-state index is 8.91. The molecule has 1 aromatic carbocycles. The minimum Gasteiger partial charge on any atom is -0.287 e. The molecule has 1 aromatic rings. The Kier molecular flexibility index (Phi) is 4.61. The van der Waals surface area contributed by atoms with Crippen LogP contribution in [0.1, 0.15) is 18.9 Å². The highest BCUT2D eigenvalue weighted by atomic mass is 35.5. The van der Waals surface area contributed by atoms with Crippen LogP contribution in [-0.2, 0) is 6.54 Å². The quantitative estimate of drug-likeness (QED) is 0.783. The van der Waals surface area contributed by atoms with Gasteiger partial charge in [-0.15, -0.1) is 0 Å². The molecule has 0 heterocycles. The van der Waals surface area contributed by atoms with E-state index in [2.05, 4.69) is 6.07 Å². The first-order valence-corrected chi connectivity index (χ1v) is 5.39. The fourth-order valence-electron chi connectivity index (χ4n) is 1.49. The van der Waals surface area contributed by atoms with E-state index in [4.69, 9.17) is 16.9 Å². The molecule has 80 valence electrons. The smallest absolute Gasteiger partial charge is 0.0975 e. The molecule has 0 spiro atoms. The van der Waals surface area contributed by atoms with E-state index in [9.17, 15) is 0 Å². The molecule has 2 nitrogen and oxygen atoms in total. The molecule has 1 rings (SSSR count). The van der Waals surface area contributed by atoms with E-state index >= 15 is 0 Å². The third kappa shape index (κ3) is 3.54. The van der Waals surface area contributed by atoms with Gasteiger partial charge in [0.05, 0.1) is 12.1 Å². The predicted molar refractivity (Wildman–Crippen MR) is 62.6 cm³/mol. The van der Waals surface area contributed by atoms with Gasteiger partial charge in [-0.1, -0.05) is 30.7 Å². The highest BCUT2D eigenvalue weighted by molar-refractivity contribution is 6.30. The van der Waals surface area contributed by atoms with Gasteiger partial charge in [0.1, 0.15) is 0 Å². The second-order valence-electron chi connectivity index (χ2n) is 3.59. The van der Waals surface area contributed by atoms with E-state index in [0.717, 1.165) is 18.0 Å². The summed E-state index contributed by atoms with van der Waals surface area (Å²) in [4.78, 5) is 2.04. The van der Waals surface area contributed by atoms with Crippen molar-refractivity contribution in [2.75, 3.05) is 7.05 Å². The number of benzene rings is 1. The molecule has 0 fully saturated rings. The number of rotatable bonds is 4. The summed E-state index contributed by atoms with van der Waals surface area (Å²) in [5, 5.41) is 9.65. The van der Waals surface area contributed by atoms with Crippen LogP contribution >= 0.6 is 11.6 Å². The number of halogens is 1. The highest BCUT2D eigenvalue weighted by Crippen LogP contribution is 2.12. The molecule has 0 radical (unpaired) electrons. The van der Waals surface area contributed by atoms with Crippen LogP contribution in [0.3, 0.4) is 0 Å². The summed E-state index contributed by atoms with van der Waals surface area (Å²) in [5.74, 6) is 0. The SMILES string of the molecule is CCC(C#N)N(C)Cc1ccc(Cl)cc1. The molecule has 3 heteroatoms. The average Bonchev–Trinajstić information content (AvgIpc) is 2.23. The fraction of sp³-hybridized carbons (Fsp3) is 0.417. The number of nitriles is 1. The molecule has 0 aliphatic rings. The topological polar surface area (TPSA) is 27.0 Å². The van der Waals surface area contributed by atoms with Gasteiger partial charge in [0.25, 0.3) is 0 Å². The predicted octanol–water partition coefficient (Wildman–Crippen LogP) is 3.07. The molecular weight excluding hydrogens is 208 g/mol. The zero-order valence-electron chi connectivity index (χ0n) is 9.07. The van der Waals surface area contributed by atoms with Gasteiger partial charge < -0.3 is 0 Å². The van der Waals surface area contributed by atoms with Crippen molar-refractivity contribution in [3.05, 3.63) is 34.9 Å². The lowest BCUT2D eigenvalue weighted by molar-refractivity contribution is 0.273. The molecule has 0 aromatic heterocycles. The number of nitrogens with zero attached hydrogens (tertiary/aromatic N) is 2. The summed E-state index contributed by atoms with van der Waals surface area (Å²) >= 11 is 5.80. The molecule has 15 heavy (non-hydrogen) atoms. The summed E-state index contributed by atoms with van der Waals surface area (Å²) in [6.07, 6.45) is 0.848. The standard InChI is InChI=1S/C12H15ClN2/c1-3-12(8-14)15(2)9-10-4-6-11(13)7-5-10/h4-7,12H,3,9H2,1-2H3. The molecule has 0 amide bonds. The monoisotopic (exact) mass is 222 g/mol. The summed E-state index contributed by atoms with van der Waals surface area (Å²) in [6.45, 7) is 2.80. The van der Waals surface area contributed by atoms with Crippen LogP contribution in [0.5, 0.6) is 0 Å². The summed E-state index contributed by atoms with van der Waals surface area (Å²) in [7, 11) is 1.96. The fourth-order valence-corrected chi connectivity index (χ4v) is 1.62. The van der Waals surface area contributed by atoms with Crippen molar-refractivity contribution < 1.29 is 0 Å². The minimum atomic E-state index is -0.0133. The van der Waals surface area contributed by atoms with E-state index in [0.29, 0.717) is 0 Å². The Balaban J connectivity index is 2.62. The van der Waals surface area contributed by atoms with Crippen molar-refractivity contribution in [3.63, 3.8) is 0 Å². The zero-order chi connectivity index (χ0) is 11.3. The normalized spacial score (nSPS) is 12.5. The molecule has 1 atom stereocenters. The third-order valence-electron chi connectivity index (χ3n) is 2.41. The molecule has 0 aliphatic carbocycles. The van der Waals surface area contributed by atoms with Gasteiger partial charge >= 0.3 is 0 Å². The molecular formula is C12H15ClN2. The Morgan fingerprint density at radius 1 is 1.40 bits per heavy atom. The van der Waals surface area contributed by atoms with Crippen LogP contribution in [0.15, 0.2) is 24.3 Å². The molecule has 0 aliphatic heterocycles. The Bertz CT molecular complexity index is 340. The lowest BCUT2D eigenvalue weighted by Crippen LogP contribution is -2.29. The molecule has 1 unspecified atom stereocenters. The van der Waals surface area contributed by atoms with E-state index in [1.54, 1.807) is 0 Å². The lowest BCUT2D eigenvalue weighted by Gasteiger charge is -2.21. The lowest BCUT2D eigenvalue weighted by atomic mass is 10.1. The summed E-state index contributed by atoms with van der Waals surface area (Å²) in [5.41, 5.74) is 1.18. The molecule has 0 bridgehead atoms. The van der Waals surface area contributed by atoms with Gasteiger partial charge in [-0.05, 0) is 31.2 Å². The van der Waals surface area contributed by atoms with Crippen LogP contribution in [0.25, 0.3) is 0 Å². The maximum Gasteiger partial charge on any atom is 0.0975 e. The van der Waals surface area contributed by atoms with Gasteiger partial charge in [-0.25, -0.2) is 0 Å². The van der Waals surface area contributed by atoms with Crippen LogP contribution in [0.4, 0.5) is 0 Å². The van der Waals surface area contributed by atoms with Crippen molar-refractivity contribution >= 4 is 11.6 Å². The molecule has 0 saturated carbocycles. The largest absolute Gasteiger partial charge is 0.287 e. The number of hydrogen-bond donors (Lipinski definition) is 0. The van der Waals surface area contributed by atoms with Gasteiger partial charge in [0.15, 0.2) is 0 Å². The van der Waals surface area contributed by atoms with Crippen LogP contribution < -0.4 is 0 Å². The Morgan fingerprint density at radius 2 is 2.00 bits per heavy atom. The maximum atomic E-state index is 8.91. The van der Waals surface area contributed by atoms with Gasteiger partial charge in [0.2, 0.25) is 0 Å². The van der Waals surface area contributed by atoms with E-state index in [1.165, 1.54) is 5.56 Å². The Morgan fingerprint density at radius 3 is 2.47 bits per heavy atom. The first kappa shape index (κ1) is 12.0. The average molecular weight is 223 g/mol. The van der Waals surface area contributed by atoms with Crippen LogP contribution in [-0.4, -0.2) is 18.0 Å². The highest BCUT2D eigenvalue weighted by Gasteiger charge is 2.11. The third-order valence-corrected chi connectivity index (χ3v) is 2.66. The van der Waals surface area contributed by atoms with Crippen LogP contribution in [0, 0.1) is 11.3 Å². The van der Waals surface area contributed by atoms with Crippen molar-refractivity contribution in [1.29, 1.82) is 5.26 Å². The second-order valence-corrected chi connectivity index (χ2v) is 4.03. The zero-order valence-corrected chi connectivity index (χ0v) is 9.83. The van der Waals surface area contributed by atoms with Gasteiger partial charge in [0, 0.05) is 11.6 Å². The van der Waals surface area contributed by atoms with Gasteiger partial charge in [-0.2, -0.15) is 5.26 Å². The second kappa shape index (κ2) is 5.75. The van der Waals surface area contributed by atoms with Crippen molar-refractivity contribution in [2.24, 2.45) is 0 Å². The molecule has 0 saturated heterocycles. The first-order chi connectivity index (χ1) is 7.17. The minimum absolute atomic E-state index is 0.0133. The van der Waals surface area contributed by atoms with E-state index < -0.39 is 0 Å².